The van der Waals surface area contributed by atoms with E-state index in [0.717, 1.165) is 18.6 Å². The summed E-state index contributed by atoms with van der Waals surface area (Å²) in [6, 6.07) is 5.58. The molecule has 0 spiro atoms. The van der Waals surface area contributed by atoms with Crippen LogP contribution in [-0.4, -0.2) is 28.7 Å². The fourth-order valence-corrected chi connectivity index (χ4v) is 3.10. The molecule has 0 radical (unpaired) electrons. The van der Waals surface area contributed by atoms with E-state index in [9.17, 15) is 8.42 Å². The average molecular weight is 291 g/mol. The molecule has 1 fully saturated rings. The lowest BCUT2D eigenvalue weighted by molar-refractivity contribution is 0.194. The second kappa shape index (κ2) is 5.47. The van der Waals surface area contributed by atoms with Crippen LogP contribution < -0.4 is 4.74 Å². The first-order chi connectivity index (χ1) is 8.49. The Balaban J connectivity index is 2.32. The zero-order chi connectivity index (χ0) is 13.2. The lowest BCUT2D eigenvalue weighted by atomic mass is 9.97. The van der Waals surface area contributed by atoms with Gasteiger partial charge in [0.15, 0.2) is 0 Å². The molecule has 1 aromatic rings. The molecule has 18 heavy (non-hydrogen) atoms. The highest BCUT2D eigenvalue weighted by Gasteiger charge is 2.20. The van der Waals surface area contributed by atoms with Crippen LogP contribution in [0.4, 0.5) is 0 Å². The maximum atomic E-state index is 11.2. The van der Waals surface area contributed by atoms with Crippen LogP contribution in [0.15, 0.2) is 18.2 Å². The smallest absolute Gasteiger partial charge is 0.236 e. The van der Waals surface area contributed by atoms with Gasteiger partial charge in [-0.1, -0.05) is 12.1 Å². The van der Waals surface area contributed by atoms with Gasteiger partial charge in [-0.3, -0.25) is 0 Å². The molecule has 0 amide bonds. The standard InChI is InChI=1S/C12H15ClO4S/c1-16-12-3-2-9(10-4-5-17-7-10)6-11(12)8-18(13,14)15/h2-3,6,10H,4-5,7-8H2,1H3. The van der Waals surface area contributed by atoms with Gasteiger partial charge < -0.3 is 9.47 Å². The van der Waals surface area contributed by atoms with Crippen molar-refractivity contribution in [2.24, 2.45) is 0 Å². The Morgan fingerprint density at radius 1 is 1.50 bits per heavy atom. The lowest BCUT2D eigenvalue weighted by Gasteiger charge is -2.13. The molecular formula is C12H15ClO4S. The quantitative estimate of drug-likeness (QED) is 0.798. The molecule has 4 nitrogen and oxygen atoms in total. The molecule has 0 bridgehead atoms. The summed E-state index contributed by atoms with van der Waals surface area (Å²) in [5.41, 5.74) is 1.67. The van der Waals surface area contributed by atoms with E-state index in [4.69, 9.17) is 20.2 Å². The Morgan fingerprint density at radius 3 is 2.83 bits per heavy atom. The Bertz CT molecular complexity index is 521. The molecule has 1 aliphatic rings. The van der Waals surface area contributed by atoms with Crippen LogP contribution in [0.3, 0.4) is 0 Å². The van der Waals surface area contributed by atoms with Gasteiger partial charge in [0, 0.05) is 28.8 Å². The minimum absolute atomic E-state index is 0.223. The first-order valence-electron chi connectivity index (χ1n) is 5.66. The lowest BCUT2D eigenvalue weighted by Crippen LogP contribution is -2.03. The summed E-state index contributed by atoms with van der Waals surface area (Å²) in [6.45, 7) is 1.43. The normalized spacial score (nSPS) is 20.0. The SMILES string of the molecule is COc1ccc(C2CCOC2)cc1CS(=O)(=O)Cl. The van der Waals surface area contributed by atoms with Crippen molar-refractivity contribution >= 4 is 19.7 Å². The summed E-state index contributed by atoms with van der Waals surface area (Å²) in [5.74, 6) is 0.647. The second-order valence-electron chi connectivity index (χ2n) is 4.31. The third-order valence-corrected chi connectivity index (χ3v) is 4.02. The summed E-state index contributed by atoms with van der Waals surface area (Å²) >= 11 is 0. The van der Waals surface area contributed by atoms with Crippen LogP contribution in [0.1, 0.15) is 23.5 Å². The summed E-state index contributed by atoms with van der Waals surface area (Å²) < 4.78 is 32.9. The second-order valence-corrected chi connectivity index (χ2v) is 7.09. The summed E-state index contributed by atoms with van der Waals surface area (Å²) in [4.78, 5) is 0. The summed E-state index contributed by atoms with van der Waals surface area (Å²) in [7, 11) is 3.22. The maximum Gasteiger partial charge on any atom is 0.236 e. The molecule has 6 heteroatoms. The molecule has 1 aliphatic heterocycles. The molecule has 1 heterocycles. The number of hydrogen-bond donors (Lipinski definition) is 0. The number of ether oxygens (including phenoxy) is 2. The van der Waals surface area contributed by atoms with E-state index in [0.29, 0.717) is 23.8 Å². The monoisotopic (exact) mass is 290 g/mol. The zero-order valence-electron chi connectivity index (χ0n) is 10.1. The number of rotatable bonds is 4. The molecular weight excluding hydrogens is 276 g/mol. The molecule has 100 valence electrons. The van der Waals surface area contributed by atoms with E-state index >= 15 is 0 Å². The summed E-state index contributed by atoms with van der Waals surface area (Å²) in [5, 5.41) is 0. The molecule has 0 N–H and O–H groups in total. The van der Waals surface area contributed by atoms with Gasteiger partial charge in [-0.05, 0) is 18.1 Å². The average Bonchev–Trinajstić information content (AvgIpc) is 2.80. The van der Waals surface area contributed by atoms with E-state index in [1.165, 1.54) is 7.11 Å². The van der Waals surface area contributed by atoms with Gasteiger partial charge in [0.05, 0.1) is 19.5 Å². The zero-order valence-corrected chi connectivity index (χ0v) is 11.6. The van der Waals surface area contributed by atoms with Gasteiger partial charge in [0.25, 0.3) is 0 Å². The molecule has 0 aromatic heterocycles. The van der Waals surface area contributed by atoms with Crippen molar-refractivity contribution in [2.75, 3.05) is 20.3 Å². The fraction of sp³-hybridized carbons (Fsp3) is 0.500. The van der Waals surface area contributed by atoms with Gasteiger partial charge in [-0.15, -0.1) is 0 Å². The fourth-order valence-electron chi connectivity index (χ4n) is 2.15. The van der Waals surface area contributed by atoms with Gasteiger partial charge in [-0.25, -0.2) is 8.42 Å². The summed E-state index contributed by atoms with van der Waals surface area (Å²) in [6.07, 6.45) is 0.958. The van der Waals surface area contributed by atoms with Crippen LogP contribution in [-0.2, 0) is 19.5 Å². The number of hydrogen-bond acceptors (Lipinski definition) is 4. The number of methoxy groups -OCH3 is 1. The molecule has 1 saturated heterocycles. The Kier molecular flexibility index (Phi) is 4.14. The molecule has 0 aliphatic carbocycles. The van der Waals surface area contributed by atoms with E-state index in [2.05, 4.69) is 0 Å². The minimum atomic E-state index is -3.59. The van der Waals surface area contributed by atoms with Crippen molar-refractivity contribution in [3.8, 4) is 5.75 Å². The van der Waals surface area contributed by atoms with E-state index in [-0.39, 0.29) is 5.75 Å². The Morgan fingerprint density at radius 2 is 2.28 bits per heavy atom. The van der Waals surface area contributed by atoms with Crippen molar-refractivity contribution < 1.29 is 17.9 Å². The first kappa shape index (κ1) is 13.6. The Hall–Kier alpha value is -0.780. The van der Waals surface area contributed by atoms with Crippen molar-refractivity contribution in [1.82, 2.24) is 0 Å². The maximum absolute atomic E-state index is 11.2. The topological polar surface area (TPSA) is 52.6 Å². The molecule has 1 aromatic carbocycles. The largest absolute Gasteiger partial charge is 0.496 e. The van der Waals surface area contributed by atoms with Gasteiger partial charge in [-0.2, -0.15) is 0 Å². The predicted molar refractivity (Wildman–Crippen MR) is 69.6 cm³/mol. The van der Waals surface area contributed by atoms with Crippen LogP contribution in [0.25, 0.3) is 0 Å². The van der Waals surface area contributed by atoms with E-state index < -0.39 is 9.05 Å². The highest BCUT2D eigenvalue weighted by atomic mass is 35.7. The van der Waals surface area contributed by atoms with E-state index in [1.54, 1.807) is 6.07 Å². The van der Waals surface area contributed by atoms with Crippen LogP contribution in [0.2, 0.25) is 0 Å². The van der Waals surface area contributed by atoms with Crippen molar-refractivity contribution in [3.05, 3.63) is 29.3 Å². The number of halogens is 1. The van der Waals surface area contributed by atoms with E-state index in [1.807, 2.05) is 12.1 Å². The predicted octanol–water partition coefficient (Wildman–Crippen LogP) is 2.27. The molecule has 0 saturated carbocycles. The van der Waals surface area contributed by atoms with Gasteiger partial charge >= 0.3 is 0 Å². The third kappa shape index (κ3) is 3.37. The molecule has 1 atom stereocenters. The first-order valence-corrected chi connectivity index (χ1v) is 8.14. The highest BCUT2D eigenvalue weighted by Crippen LogP contribution is 2.30. The van der Waals surface area contributed by atoms with Crippen LogP contribution >= 0.6 is 10.7 Å². The van der Waals surface area contributed by atoms with Crippen molar-refractivity contribution in [3.63, 3.8) is 0 Å². The van der Waals surface area contributed by atoms with Crippen LogP contribution in [0, 0.1) is 0 Å². The molecule has 2 rings (SSSR count). The van der Waals surface area contributed by atoms with Crippen molar-refractivity contribution in [2.45, 2.75) is 18.1 Å². The highest BCUT2D eigenvalue weighted by molar-refractivity contribution is 8.13. The minimum Gasteiger partial charge on any atom is -0.496 e. The van der Waals surface area contributed by atoms with Gasteiger partial charge in [0.2, 0.25) is 9.05 Å². The van der Waals surface area contributed by atoms with Crippen LogP contribution in [0.5, 0.6) is 5.75 Å². The number of benzene rings is 1. The third-order valence-electron chi connectivity index (χ3n) is 3.03. The van der Waals surface area contributed by atoms with Gasteiger partial charge in [0.1, 0.15) is 5.75 Å². The Labute approximate surface area is 111 Å². The molecule has 1 unspecified atom stereocenters. The van der Waals surface area contributed by atoms with Crippen molar-refractivity contribution in [1.29, 1.82) is 0 Å².